The second kappa shape index (κ2) is 3.66. The van der Waals surface area contributed by atoms with Gasteiger partial charge in [0.05, 0.1) is 13.5 Å². The van der Waals surface area contributed by atoms with Gasteiger partial charge in [-0.3, -0.25) is 4.79 Å². The van der Waals surface area contributed by atoms with Crippen LogP contribution in [0.15, 0.2) is 0 Å². The predicted molar refractivity (Wildman–Crippen MR) is 50.0 cm³/mol. The molecular weight excluding hydrogens is 174 g/mol. The van der Waals surface area contributed by atoms with E-state index in [0.29, 0.717) is 12.3 Å². The fraction of sp³-hybridized carbons (Fsp3) is 0.875. The Bertz CT molecular complexity index is 186. The number of carbonyl (C=O) groups is 1. The number of hydrogen-bond acceptors (Lipinski definition) is 4. The van der Waals surface area contributed by atoms with E-state index in [-0.39, 0.29) is 11.5 Å². The minimum atomic E-state index is -0.336. The maximum absolute atomic E-state index is 11.0. The molecule has 1 rings (SSSR count). The summed E-state index contributed by atoms with van der Waals surface area (Å²) >= 11 is 1.81. The molecule has 2 unspecified atom stereocenters. The summed E-state index contributed by atoms with van der Waals surface area (Å²) in [5, 5.41) is 0. The van der Waals surface area contributed by atoms with Crippen molar-refractivity contribution in [2.75, 3.05) is 18.6 Å². The fourth-order valence-electron chi connectivity index (χ4n) is 1.30. The molecule has 3 nitrogen and oxygen atoms in total. The second-order valence-corrected chi connectivity index (χ2v) is 4.43. The molecule has 70 valence electrons. The average molecular weight is 189 g/mol. The van der Waals surface area contributed by atoms with Crippen LogP contribution in [-0.2, 0) is 9.53 Å². The van der Waals surface area contributed by atoms with Gasteiger partial charge in [-0.05, 0) is 11.7 Å². The topological polar surface area (TPSA) is 52.3 Å². The van der Waals surface area contributed by atoms with E-state index in [1.54, 1.807) is 0 Å². The molecular formula is C8H15NO2S. The summed E-state index contributed by atoms with van der Waals surface area (Å²) in [5.41, 5.74) is 5.72. The van der Waals surface area contributed by atoms with Gasteiger partial charge in [-0.15, -0.1) is 0 Å². The number of thioether (sulfide) groups is 1. The highest BCUT2D eigenvalue weighted by molar-refractivity contribution is 7.99. The standard InChI is InChI=1S/C8H15NO2S/c1-6-4-12-5-8(6,9)3-7(10)11-2/h6H,3-5,9H2,1-2H3. The van der Waals surface area contributed by atoms with Gasteiger partial charge in [0.25, 0.3) is 0 Å². The minimum absolute atomic E-state index is 0.202. The first-order valence-electron chi connectivity index (χ1n) is 4.02. The van der Waals surface area contributed by atoms with Gasteiger partial charge in [-0.25, -0.2) is 0 Å². The normalized spacial score (nSPS) is 35.1. The van der Waals surface area contributed by atoms with Gasteiger partial charge in [0.15, 0.2) is 0 Å². The molecule has 0 saturated carbocycles. The lowest BCUT2D eigenvalue weighted by Gasteiger charge is -2.26. The van der Waals surface area contributed by atoms with Crippen LogP contribution in [-0.4, -0.2) is 30.1 Å². The first-order valence-corrected chi connectivity index (χ1v) is 5.17. The van der Waals surface area contributed by atoms with Crippen LogP contribution in [0, 0.1) is 5.92 Å². The molecule has 2 atom stereocenters. The zero-order valence-electron chi connectivity index (χ0n) is 7.50. The number of rotatable bonds is 2. The maximum atomic E-state index is 11.0. The molecule has 0 bridgehead atoms. The van der Waals surface area contributed by atoms with Crippen molar-refractivity contribution >= 4 is 17.7 Å². The summed E-state index contributed by atoms with van der Waals surface area (Å²) in [6.07, 6.45) is 0.345. The van der Waals surface area contributed by atoms with Crippen molar-refractivity contribution in [3.05, 3.63) is 0 Å². The zero-order chi connectivity index (χ0) is 9.19. The third kappa shape index (κ3) is 1.93. The lowest BCUT2D eigenvalue weighted by Crippen LogP contribution is -2.47. The van der Waals surface area contributed by atoms with Crippen molar-refractivity contribution in [3.8, 4) is 0 Å². The summed E-state index contributed by atoms with van der Waals surface area (Å²) in [4.78, 5) is 11.0. The number of hydrogen-bond donors (Lipinski definition) is 1. The number of nitrogens with two attached hydrogens (primary N) is 1. The Kier molecular flexibility index (Phi) is 3.01. The predicted octanol–water partition coefficient (Wildman–Crippen LogP) is 0.630. The van der Waals surface area contributed by atoms with Crippen LogP contribution in [0.3, 0.4) is 0 Å². The number of ether oxygens (including phenoxy) is 1. The maximum Gasteiger partial charge on any atom is 0.307 e. The molecule has 2 N–H and O–H groups in total. The van der Waals surface area contributed by atoms with Crippen molar-refractivity contribution < 1.29 is 9.53 Å². The SMILES string of the molecule is COC(=O)CC1(N)CSCC1C. The monoisotopic (exact) mass is 189 g/mol. The van der Waals surface area contributed by atoms with Crippen LogP contribution < -0.4 is 5.73 Å². The summed E-state index contributed by atoms with van der Waals surface area (Å²) < 4.78 is 4.60. The van der Waals surface area contributed by atoms with E-state index in [1.165, 1.54) is 7.11 Å². The molecule has 0 aromatic carbocycles. The van der Waals surface area contributed by atoms with E-state index in [9.17, 15) is 4.79 Å². The molecule has 1 aliphatic heterocycles. The van der Waals surface area contributed by atoms with Gasteiger partial charge < -0.3 is 10.5 Å². The Hall–Kier alpha value is -0.220. The molecule has 1 fully saturated rings. The van der Waals surface area contributed by atoms with Crippen LogP contribution in [0.4, 0.5) is 0 Å². The molecule has 1 saturated heterocycles. The molecule has 4 heteroatoms. The van der Waals surface area contributed by atoms with Crippen LogP contribution in [0.5, 0.6) is 0 Å². The van der Waals surface area contributed by atoms with Crippen molar-refractivity contribution in [3.63, 3.8) is 0 Å². The fourth-order valence-corrected chi connectivity index (χ4v) is 2.87. The third-order valence-corrected chi connectivity index (χ3v) is 3.90. The van der Waals surface area contributed by atoms with E-state index < -0.39 is 0 Å². The Morgan fingerprint density at radius 3 is 2.92 bits per heavy atom. The van der Waals surface area contributed by atoms with Crippen LogP contribution in [0.2, 0.25) is 0 Å². The van der Waals surface area contributed by atoms with E-state index in [4.69, 9.17) is 5.73 Å². The van der Waals surface area contributed by atoms with Gasteiger partial charge in [-0.2, -0.15) is 11.8 Å². The summed E-state index contributed by atoms with van der Waals surface area (Å²) in [5.74, 6) is 2.12. The molecule has 0 aromatic heterocycles. The highest BCUT2D eigenvalue weighted by Crippen LogP contribution is 2.33. The molecule has 1 aliphatic rings. The Balaban J connectivity index is 2.53. The third-order valence-electron chi connectivity index (χ3n) is 2.42. The van der Waals surface area contributed by atoms with Gasteiger partial charge in [0.2, 0.25) is 0 Å². The van der Waals surface area contributed by atoms with E-state index in [0.717, 1.165) is 11.5 Å². The smallest absolute Gasteiger partial charge is 0.307 e. The molecule has 0 spiro atoms. The molecule has 0 aromatic rings. The van der Waals surface area contributed by atoms with Crippen molar-refractivity contribution in [1.82, 2.24) is 0 Å². The summed E-state index contributed by atoms with van der Waals surface area (Å²) in [6.45, 7) is 2.09. The first kappa shape index (κ1) is 9.86. The number of carbonyl (C=O) groups excluding carboxylic acids is 1. The second-order valence-electron chi connectivity index (χ2n) is 3.40. The van der Waals surface area contributed by atoms with Crippen molar-refractivity contribution in [2.24, 2.45) is 11.7 Å². The Morgan fingerprint density at radius 2 is 2.50 bits per heavy atom. The number of esters is 1. The van der Waals surface area contributed by atoms with Crippen molar-refractivity contribution in [1.29, 1.82) is 0 Å². The van der Waals surface area contributed by atoms with Gasteiger partial charge in [0, 0.05) is 11.3 Å². The zero-order valence-corrected chi connectivity index (χ0v) is 8.32. The summed E-state index contributed by atoms with van der Waals surface area (Å²) in [6, 6.07) is 0. The van der Waals surface area contributed by atoms with E-state index >= 15 is 0 Å². The molecule has 0 amide bonds. The van der Waals surface area contributed by atoms with Crippen LogP contribution in [0.1, 0.15) is 13.3 Å². The summed E-state index contributed by atoms with van der Waals surface area (Å²) in [7, 11) is 1.40. The van der Waals surface area contributed by atoms with Crippen LogP contribution >= 0.6 is 11.8 Å². The van der Waals surface area contributed by atoms with Gasteiger partial charge in [-0.1, -0.05) is 6.92 Å². The minimum Gasteiger partial charge on any atom is -0.469 e. The van der Waals surface area contributed by atoms with E-state index in [2.05, 4.69) is 11.7 Å². The number of methoxy groups -OCH3 is 1. The average Bonchev–Trinajstić information content (AvgIpc) is 2.32. The Morgan fingerprint density at radius 1 is 1.83 bits per heavy atom. The van der Waals surface area contributed by atoms with Crippen molar-refractivity contribution in [2.45, 2.75) is 18.9 Å². The van der Waals surface area contributed by atoms with Gasteiger partial charge in [0.1, 0.15) is 0 Å². The quantitative estimate of drug-likeness (QED) is 0.647. The largest absolute Gasteiger partial charge is 0.469 e. The highest BCUT2D eigenvalue weighted by atomic mass is 32.2. The molecule has 12 heavy (non-hydrogen) atoms. The first-order chi connectivity index (χ1) is 5.58. The van der Waals surface area contributed by atoms with Gasteiger partial charge >= 0.3 is 5.97 Å². The molecule has 1 heterocycles. The highest BCUT2D eigenvalue weighted by Gasteiger charge is 2.39. The lowest BCUT2D eigenvalue weighted by atomic mass is 9.86. The lowest BCUT2D eigenvalue weighted by molar-refractivity contribution is -0.142. The van der Waals surface area contributed by atoms with E-state index in [1.807, 2.05) is 11.8 Å². The Labute approximate surface area is 77.0 Å². The molecule has 0 radical (unpaired) electrons. The molecule has 0 aliphatic carbocycles. The van der Waals surface area contributed by atoms with Crippen LogP contribution in [0.25, 0.3) is 0 Å².